The molecule has 1 nitrogen and oxygen atoms in total. The minimum Gasteiger partial charge on any atom is -0.300 e. The first-order valence-corrected chi connectivity index (χ1v) is 5.48. The van der Waals surface area contributed by atoms with Gasteiger partial charge in [-0.2, -0.15) is 0 Å². The second-order valence-corrected chi connectivity index (χ2v) is 3.69. The number of rotatable bonds is 6. The van der Waals surface area contributed by atoms with E-state index in [2.05, 4.69) is 12.1 Å². The number of carbonyl (C=O) groups is 1. The van der Waals surface area contributed by atoms with E-state index in [4.69, 9.17) is 11.6 Å². The normalized spacial score (nSPS) is 10.1. The Kier molecular flexibility index (Phi) is 5.31. The Morgan fingerprint density at radius 3 is 2.50 bits per heavy atom. The lowest BCUT2D eigenvalue weighted by atomic mass is 10.1. The summed E-state index contributed by atoms with van der Waals surface area (Å²) in [6, 6.07) is 10.2. The number of benzene rings is 1. The number of halogens is 1. The molecule has 1 aromatic rings. The molecule has 0 saturated carbocycles. The SMILES string of the molecule is O=C(CCCl)CCCc1ccccc1. The fourth-order valence-corrected chi connectivity index (χ4v) is 1.58. The van der Waals surface area contributed by atoms with Gasteiger partial charge in [0, 0.05) is 18.7 Å². The fraction of sp³-hybridized carbons (Fsp3) is 0.417. The number of hydrogen-bond acceptors (Lipinski definition) is 1. The Morgan fingerprint density at radius 1 is 1.14 bits per heavy atom. The van der Waals surface area contributed by atoms with Crippen LogP contribution in [0.5, 0.6) is 0 Å². The van der Waals surface area contributed by atoms with Crippen molar-refractivity contribution in [2.75, 3.05) is 5.88 Å². The van der Waals surface area contributed by atoms with E-state index in [9.17, 15) is 4.79 Å². The van der Waals surface area contributed by atoms with Crippen molar-refractivity contribution >= 4 is 17.4 Å². The third-order valence-electron chi connectivity index (χ3n) is 2.14. The van der Waals surface area contributed by atoms with Gasteiger partial charge in [-0.05, 0) is 18.4 Å². The van der Waals surface area contributed by atoms with E-state index >= 15 is 0 Å². The van der Waals surface area contributed by atoms with Gasteiger partial charge < -0.3 is 0 Å². The summed E-state index contributed by atoms with van der Waals surface area (Å²) in [6.07, 6.45) is 3.08. The highest BCUT2D eigenvalue weighted by atomic mass is 35.5. The van der Waals surface area contributed by atoms with Gasteiger partial charge >= 0.3 is 0 Å². The molecule has 2 heteroatoms. The molecule has 0 spiro atoms. The summed E-state index contributed by atoms with van der Waals surface area (Å²) in [6.45, 7) is 0. The molecule has 0 radical (unpaired) electrons. The van der Waals surface area contributed by atoms with Gasteiger partial charge in [0.05, 0.1) is 0 Å². The molecule has 0 aliphatic heterocycles. The number of alkyl halides is 1. The van der Waals surface area contributed by atoms with E-state index in [0.717, 1.165) is 12.8 Å². The van der Waals surface area contributed by atoms with Crippen molar-refractivity contribution in [1.82, 2.24) is 0 Å². The molecular formula is C12H15ClO. The third-order valence-corrected chi connectivity index (χ3v) is 2.33. The molecule has 0 aliphatic rings. The predicted molar refractivity (Wildman–Crippen MR) is 59.7 cm³/mol. The molecule has 76 valence electrons. The van der Waals surface area contributed by atoms with E-state index in [1.54, 1.807) is 0 Å². The Labute approximate surface area is 90.1 Å². The summed E-state index contributed by atoms with van der Waals surface area (Å²) in [7, 11) is 0. The Hall–Kier alpha value is -0.820. The second kappa shape index (κ2) is 6.61. The van der Waals surface area contributed by atoms with Crippen LogP contribution in [0.25, 0.3) is 0 Å². The van der Waals surface area contributed by atoms with Gasteiger partial charge in [0.1, 0.15) is 5.78 Å². The number of Topliss-reactive ketones (excluding diaryl/α,β-unsaturated/α-hetero) is 1. The average Bonchev–Trinajstić information content (AvgIpc) is 2.20. The lowest BCUT2D eigenvalue weighted by Crippen LogP contribution is -1.99. The number of ketones is 1. The van der Waals surface area contributed by atoms with Crippen LogP contribution in [-0.4, -0.2) is 11.7 Å². The van der Waals surface area contributed by atoms with Crippen LogP contribution in [0, 0.1) is 0 Å². The maximum atomic E-state index is 11.1. The van der Waals surface area contributed by atoms with E-state index in [0.29, 0.717) is 18.7 Å². The molecular weight excluding hydrogens is 196 g/mol. The molecule has 0 heterocycles. The topological polar surface area (TPSA) is 17.1 Å². The number of carbonyl (C=O) groups excluding carboxylic acids is 1. The van der Waals surface area contributed by atoms with Gasteiger partial charge in [0.2, 0.25) is 0 Å². The highest BCUT2D eigenvalue weighted by molar-refractivity contribution is 6.19. The van der Waals surface area contributed by atoms with Crippen LogP contribution < -0.4 is 0 Å². The lowest BCUT2D eigenvalue weighted by Gasteiger charge is -2.00. The summed E-state index contributed by atoms with van der Waals surface area (Å²) >= 11 is 5.47. The molecule has 0 aliphatic carbocycles. The van der Waals surface area contributed by atoms with E-state index in [1.807, 2.05) is 18.2 Å². The monoisotopic (exact) mass is 210 g/mol. The largest absolute Gasteiger partial charge is 0.300 e. The van der Waals surface area contributed by atoms with Crippen LogP contribution in [0.1, 0.15) is 24.8 Å². The molecule has 0 saturated heterocycles. The predicted octanol–water partition coefficient (Wildman–Crippen LogP) is 3.21. The zero-order chi connectivity index (χ0) is 10.2. The zero-order valence-corrected chi connectivity index (χ0v) is 8.96. The quantitative estimate of drug-likeness (QED) is 0.659. The zero-order valence-electron chi connectivity index (χ0n) is 8.21. The van der Waals surface area contributed by atoms with Crippen molar-refractivity contribution < 1.29 is 4.79 Å². The van der Waals surface area contributed by atoms with Crippen molar-refractivity contribution in [1.29, 1.82) is 0 Å². The minimum atomic E-state index is 0.274. The first-order chi connectivity index (χ1) is 6.83. The minimum absolute atomic E-state index is 0.274. The molecule has 0 aromatic heterocycles. The molecule has 0 bridgehead atoms. The lowest BCUT2D eigenvalue weighted by molar-refractivity contribution is -0.118. The van der Waals surface area contributed by atoms with Gasteiger partial charge in [0.25, 0.3) is 0 Å². The Balaban J connectivity index is 2.19. The van der Waals surface area contributed by atoms with Crippen molar-refractivity contribution in [3.05, 3.63) is 35.9 Å². The maximum Gasteiger partial charge on any atom is 0.134 e. The van der Waals surface area contributed by atoms with Crippen LogP contribution in [0.4, 0.5) is 0 Å². The van der Waals surface area contributed by atoms with E-state index in [1.165, 1.54) is 5.56 Å². The summed E-state index contributed by atoms with van der Waals surface area (Å²) in [5.41, 5.74) is 1.30. The van der Waals surface area contributed by atoms with Crippen molar-refractivity contribution in [3.63, 3.8) is 0 Å². The number of hydrogen-bond donors (Lipinski definition) is 0. The summed E-state index contributed by atoms with van der Waals surface area (Å²) in [5, 5.41) is 0. The van der Waals surface area contributed by atoms with Crippen molar-refractivity contribution in [3.8, 4) is 0 Å². The van der Waals surface area contributed by atoms with Crippen molar-refractivity contribution in [2.45, 2.75) is 25.7 Å². The van der Waals surface area contributed by atoms with Crippen LogP contribution >= 0.6 is 11.6 Å². The van der Waals surface area contributed by atoms with Gasteiger partial charge in [-0.1, -0.05) is 30.3 Å². The molecule has 0 N–H and O–H groups in total. The smallest absolute Gasteiger partial charge is 0.134 e. The Bertz CT molecular complexity index is 269. The van der Waals surface area contributed by atoms with Crippen LogP contribution in [0.15, 0.2) is 30.3 Å². The number of aryl methyl sites for hydroxylation is 1. The highest BCUT2D eigenvalue weighted by Crippen LogP contribution is 2.05. The summed E-state index contributed by atoms with van der Waals surface area (Å²) < 4.78 is 0. The third kappa shape index (κ3) is 4.43. The van der Waals surface area contributed by atoms with Crippen LogP contribution in [-0.2, 0) is 11.2 Å². The molecule has 0 fully saturated rings. The van der Waals surface area contributed by atoms with Gasteiger partial charge in [-0.3, -0.25) is 4.79 Å². The summed E-state index contributed by atoms with van der Waals surface area (Å²) in [5.74, 6) is 0.723. The second-order valence-electron chi connectivity index (χ2n) is 3.32. The average molecular weight is 211 g/mol. The van der Waals surface area contributed by atoms with E-state index < -0.39 is 0 Å². The van der Waals surface area contributed by atoms with Gasteiger partial charge in [-0.15, -0.1) is 11.6 Å². The first kappa shape index (κ1) is 11.3. The Morgan fingerprint density at radius 2 is 1.86 bits per heavy atom. The summed E-state index contributed by atoms with van der Waals surface area (Å²) in [4.78, 5) is 11.1. The van der Waals surface area contributed by atoms with Crippen molar-refractivity contribution in [2.24, 2.45) is 0 Å². The van der Waals surface area contributed by atoms with Crippen LogP contribution in [0.3, 0.4) is 0 Å². The molecule has 14 heavy (non-hydrogen) atoms. The van der Waals surface area contributed by atoms with Gasteiger partial charge in [0.15, 0.2) is 0 Å². The standard InChI is InChI=1S/C12H15ClO/c13-10-9-12(14)8-4-7-11-5-2-1-3-6-11/h1-3,5-6H,4,7-10H2. The molecule has 0 atom stereocenters. The maximum absolute atomic E-state index is 11.1. The van der Waals surface area contributed by atoms with E-state index in [-0.39, 0.29) is 5.78 Å². The fourth-order valence-electron chi connectivity index (χ4n) is 1.36. The first-order valence-electron chi connectivity index (χ1n) is 4.94. The molecule has 1 aromatic carbocycles. The van der Waals surface area contributed by atoms with Crippen LogP contribution in [0.2, 0.25) is 0 Å². The molecule has 0 unspecified atom stereocenters. The van der Waals surface area contributed by atoms with Gasteiger partial charge in [-0.25, -0.2) is 0 Å². The highest BCUT2D eigenvalue weighted by Gasteiger charge is 2.00. The molecule has 0 amide bonds. The molecule has 1 rings (SSSR count).